The number of para-hydroxylation sites is 1. The average Bonchev–Trinajstić information content (AvgIpc) is 2.68. The summed E-state index contributed by atoms with van der Waals surface area (Å²) < 4.78 is 0. The van der Waals surface area contributed by atoms with Gasteiger partial charge in [0.1, 0.15) is 0 Å². The lowest BCUT2D eigenvalue weighted by Crippen LogP contribution is -2.48. The molecule has 2 amide bonds. The van der Waals surface area contributed by atoms with E-state index in [2.05, 4.69) is 21.8 Å². The lowest BCUT2D eigenvalue weighted by molar-refractivity contribution is -0.129. The molecular formula is C21H25N3O2. The van der Waals surface area contributed by atoms with Gasteiger partial charge in [-0.25, -0.2) is 0 Å². The monoisotopic (exact) mass is 351 g/mol. The molecule has 0 saturated carbocycles. The van der Waals surface area contributed by atoms with Crippen LogP contribution in [-0.4, -0.2) is 24.9 Å². The lowest BCUT2D eigenvalue weighted by Gasteiger charge is -2.30. The van der Waals surface area contributed by atoms with Gasteiger partial charge in [-0.1, -0.05) is 55.5 Å². The van der Waals surface area contributed by atoms with Crippen molar-refractivity contribution < 1.29 is 9.59 Å². The molecule has 0 aromatic heterocycles. The van der Waals surface area contributed by atoms with Gasteiger partial charge in [-0.05, 0) is 36.5 Å². The first kappa shape index (κ1) is 18.0. The number of amides is 2. The molecule has 0 saturated heterocycles. The largest absolute Gasteiger partial charge is 0.362 e. The van der Waals surface area contributed by atoms with Gasteiger partial charge < -0.3 is 4.90 Å². The van der Waals surface area contributed by atoms with E-state index in [0.29, 0.717) is 6.42 Å². The van der Waals surface area contributed by atoms with E-state index in [-0.39, 0.29) is 24.3 Å². The highest BCUT2D eigenvalue weighted by atomic mass is 16.2. The van der Waals surface area contributed by atoms with Crippen LogP contribution in [0.5, 0.6) is 0 Å². The standard InChI is InChI=1S/C21H25N3O2/c1-2-18(16-9-4-3-5-10-16)21(26)23-22-20(25)15-24-14-8-12-17-11-6-7-13-19(17)24/h3-7,9-11,13,18H,2,8,12,14-15H2,1H3,(H,22,25)(H,23,26). The quantitative estimate of drug-likeness (QED) is 0.815. The van der Waals surface area contributed by atoms with Crippen LogP contribution in [-0.2, 0) is 16.0 Å². The van der Waals surface area contributed by atoms with Crippen molar-refractivity contribution in [1.29, 1.82) is 0 Å². The summed E-state index contributed by atoms with van der Waals surface area (Å²) in [6, 6.07) is 17.8. The summed E-state index contributed by atoms with van der Waals surface area (Å²) in [5.41, 5.74) is 8.47. The Morgan fingerprint density at radius 1 is 1.04 bits per heavy atom. The Kier molecular flexibility index (Phi) is 5.89. The Morgan fingerprint density at radius 2 is 1.77 bits per heavy atom. The van der Waals surface area contributed by atoms with Crippen LogP contribution in [0.3, 0.4) is 0 Å². The maximum Gasteiger partial charge on any atom is 0.257 e. The van der Waals surface area contributed by atoms with Crippen LogP contribution in [0.2, 0.25) is 0 Å². The summed E-state index contributed by atoms with van der Waals surface area (Å²) in [5, 5.41) is 0. The van der Waals surface area contributed by atoms with E-state index in [9.17, 15) is 9.59 Å². The topological polar surface area (TPSA) is 61.4 Å². The highest BCUT2D eigenvalue weighted by molar-refractivity contribution is 5.88. The van der Waals surface area contributed by atoms with Gasteiger partial charge in [0.05, 0.1) is 12.5 Å². The molecule has 0 fully saturated rings. The maximum absolute atomic E-state index is 12.4. The third kappa shape index (κ3) is 4.23. The number of carbonyl (C=O) groups excluding carboxylic acids is 2. The van der Waals surface area contributed by atoms with Gasteiger partial charge in [0.2, 0.25) is 5.91 Å². The zero-order valence-electron chi connectivity index (χ0n) is 15.1. The van der Waals surface area contributed by atoms with Crippen LogP contribution in [0.25, 0.3) is 0 Å². The van der Waals surface area contributed by atoms with Crippen LogP contribution < -0.4 is 15.8 Å². The average molecular weight is 351 g/mol. The highest BCUT2D eigenvalue weighted by Crippen LogP contribution is 2.26. The molecule has 3 rings (SSSR count). The molecule has 2 aromatic rings. The molecule has 1 heterocycles. The van der Waals surface area contributed by atoms with Crippen molar-refractivity contribution in [2.24, 2.45) is 0 Å². The van der Waals surface area contributed by atoms with E-state index in [4.69, 9.17) is 0 Å². The molecule has 5 heteroatoms. The van der Waals surface area contributed by atoms with Gasteiger partial charge >= 0.3 is 0 Å². The summed E-state index contributed by atoms with van der Waals surface area (Å²) in [6.07, 6.45) is 2.74. The van der Waals surface area contributed by atoms with Gasteiger partial charge in [-0.2, -0.15) is 0 Å². The second-order valence-electron chi connectivity index (χ2n) is 6.56. The van der Waals surface area contributed by atoms with E-state index in [1.54, 1.807) is 0 Å². The Bertz CT molecular complexity index is 761. The van der Waals surface area contributed by atoms with Gasteiger partial charge in [0.15, 0.2) is 0 Å². The predicted octanol–water partition coefficient (Wildman–Crippen LogP) is 2.78. The summed E-state index contributed by atoms with van der Waals surface area (Å²) >= 11 is 0. The summed E-state index contributed by atoms with van der Waals surface area (Å²) in [5.74, 6) is -0.670. The molecule has 1 unspecified atom stereocenters. The first-order valence-electron chi connectivity index (χ1n) is 9.15. The van der Waals surface area contributed by atoms with Gasteiger partial charge in [0, 0.05) is 12.2 Å². The molecule has 2 aromatic carbocycles. The molecule has 1 aliphatic heterocycles. The molecule has 26 heavy (non-hydrogen) atoms. The summed E-state index contributed by atoms with van der Waals surface area (Å²) in [4.78, 5) is 26.8. The number of nitrogens with one attached hydrogen (secondary N) is 2. The van der Waals surface area contributed by atoms with E-state index < -0.39 is 0 Å². The number of rotatable bonds is 5. The molecule has 0 spiro atoms. The van der Waals surface area contributed by atoms with Crippen molar-refractivity contribution in [2.45, 2.75) is 32.1 Å². The van der Waals surface area contributed by atoms with E-state index in [1.807, 2.05) is 55.5 Å². The molecule has 2 N–H and O–H groups in total. The van der Waals surface area contributed by atoms with Gasteiger partial charge in [-0.15, -0.1) is 0 Å². The second-order valence-corrected chi connectivity index (χ2v) is 6.56. The third-order valence-electron chi connectivity index (χ3n) is 4.79. The number of aryl methyl sites for hydroxylation is 1. The molecule has 0 aliphatic carbocycles. The smallest absolute Gasteiger partial charge is 0.257 e. The first-order chi connectivity index (χ1) is 12.7. The molecule has 5 nitrogen and oxygen atoms in total. The van der Waals surface area contributed by atoms with Crippen molar-refractivity contribution in [2.75, 3.05) is 18.0 Å². The van der Waals surface area contributed by atoms with Gasteiger partial charge in [0.25, 0.3) is 5.91 Å². The van der Waals surface area contributed by atoms with Crippen LogP contribution in [0.4, 0.5) is 5.69 Å². The zero-order chi connectivity index (χ0) is 18.4. The Hall–Kier alpha value is -2.82. The molecule has 1 atom stereocenters. The number of carbonyl (C=O) groups is 2. The van der Waals surface area contributed by atoms with Crippen LogP contribution in [0, 0.1) is 0 Å². The van der Waals surface area contributed by atoms with Crippen LogP contribution >= 0.6 is 0 Å². The third-order valence-corrected chi connectivity index (χ3v) is 4.79. The lowest BCUT2D eigenvalue weighted by atomic mass is 9.96. The number of hydrogen-bond donors (Lipinski definition) is 2. The number of hydrogen-bond acceptors (Lipinski definition) is 3. The first-order valence-corrected chi connectivity index (χ1v) is 9.15. The molecule has 1 aliphatic rings. The highest BCUT2D eigenvalue weighted by Gasteiger charge is 2.21. The normalized spacial score (nSPS) is 14.3. The van der Waals surface area contributed by atoms with Gasteiger partial charge in [-0.3, -0.25) is 20.4 Å². The number of anilines is 1. The molecule has 136 valence electrons. The fraction of sp³-hybridized carbons (Fsp3) is 0.333. The fourth-order valence-corrected chi connectivity index (χ4v) is 3.46. The Labute approximate surface area is 154 Å². The van der Waals surface area contributed by atoms with E-state index in [1.165, 1.54) is 5.56 Å². The van der Waals surface area contributed by atoms with Crippen molar-refractivity contribution in [3.63, 3.8) is 0 Å². The second kappa shape index (κ2) is 8.52. The fourth-order valence-electron chi connectivity index (χ4n) is 3.46. The van der Waals surface area contributed by atoms with E-state index in [0.717, 1.165) is 30.6 Å². The molecular weight excluding hydrogens is 326 g/mol. The predicted molar refractivity (Wildman–Crippen MR) is 103 cm³/mol. The number of benzene rings is 2. The van der Waals surface area contributed by atoms with Crippen LogP contribution in [0.1, 0.15) is 36.8 Å². The maximum atomic E-state index is 12.4. The Morgan fingerprint density at radius 3 is 2.54 bits per heavy atom. The number of fused-ring (bicyclic) bond motifs is 1. The molecule has 0 radical (unpaired) electrons. The minimum atomic E-state index is -0.271. The van der Waals surface area contributed by atoms with Crippen molar-refractivity contribution in [1.82, 2.24) is 10.9 Å². The van der Waals surface area contributed by atoms with Crippen molar-refractivity contribution in [3.05, 3.63) is 65.7 Å². The van der Waals surface area contributed by atoms with Crippen molar-refractivity contribution in [3.8, 4) is 0 Å². The number of nitrogens with zero attached hydrogens (tertiary/aromatic N) is 1. The Balaban J connectivity index is 1.55. The SMILES string of the molecule is CCC(C(=O)NNC(=O)CN1CCCc2ccccc21)c1ccccc1. The minimum absolute atomic E-state index is 0.189. The molecule has 0 bridgehead atoms. The summed E-state index contributed by atoms with van der Waals surface area (Å²) in [7, 11) is 0. The number of hydrazine groups is 1. The van der Waals surface area contributed by atoms with E-state index >= 15 is 0 Å². The summed E-state index contributed by atoms with van der Waals surface area (Å²) in [6.45, 7) is 3.04. The zero-order valence-corrected chi connectivity index (χ0v) is 15.1. The van der Waals surface area contributed by atoms with Crippen LogP contribution in [0.15, 0.2) is 54.6 Å². The minimum Gasteiger partial charge on any atom is -0.362 e. The van der Waals surface area contributed by atoms with Crippen molar-refractivity contribution >= 4 is 17.5 Å².